The van der Waals surface area contributed by atoms with Crippen LogP contribution in [0.15, 0.2) is 42.5 Å². The van der Waals surface area contributed by atoms with Gasteiger partial charge < -0.3 is 36.2 Å². The largest absolute Gasteiger partial charge is 0.497 e. The minimum atomic E-state index is -0.976. The van der Waals surface area contributed by atoms with E-state index < -0.39 is 12.1 Å². The molecule has 2 fully saturated rings. The van der Waals surface area contributed by atoms with Crippen LogP contribution in [0.25, 0.3) is 11.0 Å². The number of carbonyl (C=O) groups excluding carboxylic acids is 3. The van der Waals surface area contributed by atoms with Crippen LogP contribution in [0.4, 0.5) is 4.79 Å². The van der Waals surface area contributed by atoms with E-state index in [-0.39, 0.29) is 42.9 Å². The number of aryl methyl sites for hydroxylation is 1. The van der Waals surface area contributed by atoms with Gasteiger partial charge in [-0.15, -0.1) is 5.10 Å². The molecule has 0 bridgehead atoms. The molecule has 5 N–H and O–H groups in total. The van der Waals surface area contributed by atoms with E-state index in [1.54, 1.807) is 21.6 Å². The van der Waals surface area contributed by atoms with E-state index in [4.69, 9.17) is 10.5 Å². The number of ether oxygens (including phenoxy) is 1. The monoisotopic (exact) mass is 591 g/mol. The number of nitrogens with one attached hydrogen (secondary N) is 3. The summed E-state index contributed by atoms with van der Waals surface area (Å²) >= 11 is 0. The summed E-state index contributed by atoms with van der Waals surface area (Å²) in [5.74, 6) is 0.238. The van der Waals surface area contributed by atoms with Crippen molar-refractivity contribution in [1.29, 1.82) is 0 Å². The molecule has 13 heteroatoms. The molecule has 2 saturated heterocycles. The Morgan fingerprint density at radius 3 is 2.63 bits per heavy atom. The number of hydrogen-bond acceptors (Lipinski definition) is 8. The fourth-order valence-corrected chi connectivity index (χ4v) is 5.90. The molecule has 0 spiro atoms. The number of amides is 4. The molecule has 2 aliphatic heterocycles. The summed E-state index contributed by atoms with van der Waals surface area (Å²) in [5, 5.41) is 17.3. The Labute approximate surface area is 251 Å². The molecule has 2 aliphatic rings. The molecular formula is C30H41N9O4. The zero-order valence-electron chi connectivity index (χ0n) is 25.0. The van der Waals surface area contributed by atoms with E-state index in [1.165, 1.54) is 0 Å². The number of nitrogens with zero attached hydrogens (tertiary/aromatic N) is 5. The quantitative estimate of drug-likeness (QED) is 0.278. The van der Waals surface area contributed by atoms with Crippen molar-refractivity contribution in [2.45, 2.75) is 44.4 Å². The molecule has 4 unspecified atom stereocenters. The van der Waals surface area contributed by atoms with Gasteiger partial charge in [-0.1, -0.05) is 23.4 Å². The van der Waals surface area contributed by atoms with Crippen LogP contribution < -0.4 is 26.4 Å². The van der Waals surface area contributed by atoms with Crippen LogP contribution >= 0.6 is 0 Å². The van der Waals surface area contributed by atoms with Crippen LogP contribution in [0.1, 0.15) is 24.5 Å². The number of fused-ring (bicyclic) bond motifs is 1. The summed E-state index contributed by atoms with van der Waals surface area (Å²) in [7, 11) is 3.45. The number of rotatable bonds is 9. The second-order valence-electron chi connectivity index (χ2n) is 11.5. The zero-order valence-corrected chi connectivity index (χ0v) is 25.0. The summed E-state index contributed by atoms with van der Waals surface area (Å²) in [6, 6.07) is 11.7. The summed E-state index contributed by atoms with van der Waals surface area (Å²) in [4.78, 5) is 43.2. The average Bonchev–Trinajstić information content (AvgIpc) is 3.61. The number of piperazine rings is 1. The third kappa shape index (κ3) is 7.05. The summed E-state index contributed by atoms with van der Waals surface area (Å²) in [6.45, 7) is 4.66. The van der Waals surface area contributed by atoms with Crippen molar-refractivity contribution in [3.63, 3.8) is 0 Å². The molecule has 3 aromatic rings. The Balaban J connectivity index is 1.25. The van der Waals surface area contributed by atoms with Crippen molar-refractivity contribution >= 4 is 28.9 Å². The van der Waals surface area contributed by atoms with Gasteiger partial charge in [0.05, 0.1) is 12.6 Å². The smallest absolute Gasteiger partial charge is 0.317 e. The van der Waals surface area contributed by atoms with Crippen molar-refractivity contribution in [2.75, 3.05) is 39.8 Å². The lowest BCUT2D eigenvalue weighted by molar-refractivity contribution is -0.139. The Morgan fingerprint density at radius 1 is 1.12 bits per heavy atom. The lowest BCUT2D eigenvalue weighted by Gasteiger charge is -2.34. The lowest BCUT2D eigenvalue weighted by Crippen LogP contribution is -2.58. The van der Waals surface area contributed by atoms with E-state index in [2.05, 4.69) is 26.3 Å². The van der Waals surface area contributed by atoms with Crippen LogP contribution in [-0.2, 0) is 29.6 Å². The lowest BCUT2D eigenvalue weighted by atomic mass is 9.96. The van der Waals surface area contributed by atoms with Gasteiger partial charge in [-0.25, -0.2) is 9.48 Å². The fraction of sp³-hybridized carbons (Fsp3) is 0.500. The summed E-state index contributed by atoms with van der Waals surface area (Å²) in [5.41, 5.74) is 9.95. The van der Waals surface area contributed by atoms with Gasteiger partial charge in [-0.3, -0.25) is 9.59 Å². The molecule has 4 atom stereocenters. The molecule has 1 aromatic heterocycles. The maximum atomic E-state index is 13.6. The van der Waals surface area contributed by atoms with E-state index in [1.807, 2.05) is 56.4 Å². The van der Waals surface area contributed by atoms with Gasteiger partial charge >= 0.3 is 6.03 Å². The molecule has 0 aliphatic carbocycles. The van der Waals surface area contributed by atoms with Crippen molar-refractivity contribution in [3.05, 3.63) is 53.6 Å². The van der Waals surface area contributed by atoms with E-state index in [0.29, 0.717) is 32.5 Å². The molecule has 5 rings (SSSR count). The predicted molar refractivity (Wildman–Crippen MR) is 161 cm³/mol. The Morgan fingerprint density at radius 2 is 1.88 bits per heavy atom. The maximum Gasteiger partial charge on any atom is 0.317 e. The predicted octanol–water partition coefficient (Wildman–Crippen LogP) is 0.384. The Kier molecular flexibility index (Phi) is 9.41. The molecule has 230 valence electrons. The molecule has 0 radical (unpaired) electrons. The third-order valence-electron chi connectivity index (χ3n) is 8.35. The first-order valence-electron chi connectivity index (χ1n) is 14.7. The molecule has 4 amide bonds. The van der Waals surface area contributed by atoms with Crippen LogP contribution in [-0.4, -0.2) is 101 Å². The van der Waals surface area contributed by atoms with E-state index in [0.717, 1.165) is 34.5 Å². The van der Waals surface area contributed by atoms with Gasteiger partial charge in [0.2, 0.25) is 11.8 Å². The van der Waals surface area contributed by atoms with Crippen LogP contribution in [0.3, 0.4) is 0 Å². The number of methoxy groups -OCH3 is 1. The van der Waals surface area contributed by atoms with Gasteiger partial charge in [0.1, 0.15) is 23.3 Å². The topological polar surface area (TPSA) is 160 Å². The molecule has 43 heavy (non-hydrogen) atoms. The van der Waals surface area contributed by atoms with E-state index >= 15 is 0 Å². The Hall–Kier alpha value is -4.23. The first-order chi connectivity index (χ1) is 20.7. The number of urea groups is 1. The highest BCUT2D eigenvalue weighted by Gasteiger charge is 2.41. The number of likely N-dealkylation sites (tertiary alicyclic amines) is 1. The van der Waals surface area contributed by atoms with Crippen molar-refractivity contribution in [3.8, 4) is 5.75 Å². The van der Waals surface area contributed by atoms with Gasteiger partial charge in [0, 0.05) is 52.4 Å². The highest BCUT2D eigenvalue weighted by molar-refractivity contribution is 5.91. The maximum absolute atomic E-state index is 13.6. The molecule has 13 nitrogen and oxygen atoms in total. The first kappa shape index (κ1) is 30.2. The molecule has 3 heterocycles. The SMILES string of the molecule is COc1ccc(CC2CC(C(=O)NCc3ccc4c(c3)nnn4C)N(C(=O)C(N)CNC(=O)N3CCNCC3C)C2)cc1. The average molecular weight is 592 g/mol. The van der Waals surface area contributed by atoms with Crippen molar-refractivity contribution in [2.24, 2.45) is 18.7 Å². The van der Waals surface area contributed by atoms with Gasteiger partial charge in [0.15, 0.2) is 0 Å². The summed E-state index contributed by atoms with van der Waals surface area (Å²) < 4.78 is 6.96. The zero-order chi connectivity index (χ0) is 30.5. The minimum absolute atomic E-state index is 0.0135. The van der Waals surface area contributed by atoms with Gasteiger partial charge in [0.25, 0.3) is 0 Å². The van der Waals surface area contributed by atoms with Crippen LogP contribution in [0.5, 0.6) is 5.75 Å². The minimum Gasteiger partial charge on any atom is -0.497 e. The Bertz CT molecular complexity index is 1440. The van der Waals surface area contributed by atoms with Gasteiger partial charge in [-0.2, -0.15) is 0 Å². The normalized spacial score (nSPS) is 21.1. The fourth-order valence-electron chi connectivity index (χ4n) is 5.90. The second-order valence-corrected chi connectivity index (χ2v) is 11.5. The molecular weight excluding hydrogens is 550 g/mol. The van der Waals surface area contributed by atoms with E-state index in [9.17, 15) is 14.4 Å². The standard InChI is InChI=1S/C30H41N9O4/c1-19-15-32-10-11-38(19)30(42)34-17-24(31)29(41)39-18-22(12-20-4-7-23(43-3)8-5-20)14-27(39)28(40)33-16-21-6-9-26-25(13-21)35-36-37(26)2/h4-9,13,19,22,24,27,32H,10-12,14-18,31H2,1-3H3,(H,33,40)(H,34,42). The second kappa shape index (κ2) is 13.4. The number of hydrogen-bond donors (Lipinski definition) is 4. The molecule has 0 saturated carbocycles. The third-order valence-corrected chi connectivity index (χ3v) is 8.35. The van der Waals surface area contributed by atoms with Crippen molar-refractivity contribution < 1.29 is 19.1 Å². The summed E-state index contributed by atoms with van der Waals surface area (Å²) in [6.07, 6.45) is 1.21. The number of benzene rings is 2. The first-order valence-corrected chi connectivity index (χ1v) is 14.7. The van der Waals surface area contributed by atoms with Crippen LogP contribution in [0.2, 0.25) is 0 Å². The number of aromatic nitrogens is 3. The van der Waals surface area contributed by atoms with Gasteiger partial charge in [-0.05, 0) is 61.1 Å². The molecule has 2 aromatic carbocycles. The van der Waals surface area contributed by atoms with Crippen LogP contribution in [0, 0.1) is 5.92 Å². The highest BCUT2D eigenvalue weighted by Crippen LogP contribution is 2.28. The van der Waals surface area contributed by atoms with Crippen molar-refractivity contribution in [1.82, 2.24) is 40.7 Å². The highest BCUT2D eigenvalue weighted by atomic mass is 16.5. The number of nitrogens with two attached hydrogens (primary N) is 1. The number of carbonyl (C=O) groups is 3.